The summed E-state index contributed by atoms with van der Waals surface area (Å²) >= 11 is 0. The molecule has 0 aromatic rings. The lowest BCUT2D eigenvalue weighted by atomic mass is 9.90. The number of halogens is 1. The van der Waals surface area contributed by atoms with Gasteiger partial charge < -0.3 is 10.1 Å². The average Bonchev–Trinajstić information content (AvgIpc) is 2.48. The first-order chi connectivity index (χ1) is 4.90. The molecule has 66 valence electrons. The third-order valence-corrected chi connectivity index (χ3v) is 2.81. The lowest BCUT2D eigenvalue weighted by Gasteiger charge is -2.18. The Kier molecular flexibility index (Phi) is 3.16. The van der Waals surface area contributed by atoms with E-state index in [2.05, 4.69) is 5.32 Å². The molecule has 2 rings (SSSR count). The van der Waals surface area contributed by atoms with E-state index in [1.54, 1.807) is 7.11 Å². The fourth-order valence-electron chi connectivity index (χ4n) is 2.34. The molecule has 2 aliphatic rings. The maximum Gasteiger partial charge on any atom is 0.0505 e. The van der Waals surface area contributed by atoms with Crippen molar-refractivity contribution in [2.24, 2.45) is 5.92 Å². The summed E-state index contributed by atoms with van der Waals surface area (Å²) < 4.78 is 5.14. The molecular weight excluding hydrogens is 162 g/mol. The van der Waals surface area contributed by atoms with Gasteiger partial charge in [0.2, 0.25) is 0 Å². The van der Waals surface area contributed by atoms with Crippen LogP contribution in [0.4, 0.5) is 0 Å². The fourth-order valence-corrected chi connectivity index (χ4v) is 2.34. The van der Waals surface area contributed by atoms with Gasteiger partial charge in [0.05, 0.1) is 6.61 Å². The molecule has 3 atom stereocenters. The van der Waals surface area contributed by atoms with E-state index in [0.29, 0.717) is 0 Å². The van der Waals surface area contributed by atoms with E-state index in [4.69, 9.17) is 4.74 Å². The molecule has 1 N–H and O–H groups in total. The van der Waals surface area contributed by atoms with Crippen LogP contribution in [0, 0.1) is 5.92 Å². The SMILES string of the molecule is COC[C@@H]1C[C@H]2CC[C@@H]1N2.Cl. The molecule has 0 aromatic carbocycles. The molecule has 0 saturated carbocycles. The van der Waals surface area contributed by atoms with Gasteiger partial charge in [-0.05, 0) is 25.2 Å². The lowest BCUT2D eigenvalue weighted by molar-refractivity contribution is 0.139. The zero-order valence-electron chi connectivity index (χ0n) is 6.88. The van der Waals surface area contributed by atoms with Crippen molar-refractivity contribution in [3.05, 3.63) is 0 Å². The molecule has 0 amide bonds. The van der Waals surface area contributed by atoms with Gasteiger partial charge in [-0.15, -0.1) is 12.4 Å². The van der Waals surface area contributed by atoms with Crippen LogP contribution in [0.1, 0.15) is 19.3 Å². The summed E-state index contributed by atoms with van der Waals surface area (Å²) in [6, 6.07) is 1.61. The van der Waals surface area contributed by atoms with Crippen molar-refractivity contribution < 1.29 is 4.74 Å². The number of nitrogens with one attached hydrogen (secondary N) is 1. The predicted octanol–water partition coefficient (Wildman–Crippen LogP) is 1.20. The predicted molar refractivity (Wildman–Crippen MR) is 47.2 cm³/mol. The Morgan fingerprint density at radius 3 is 2.73 bits per heavy atom. The standard InChI is InChI=1S/C8H15NO.ClH/c1-10-5-6-4-7-2-3-8(6)9-7;/h6-9H,2-5H2,1H3;1H/t6-,7+,8-;/m0./s1. The minimum absolute atomic E-state index is 0. The molecule has 2 heterocycles. The summed E-state index contributed by atoms with van der Waals surface area (Å²) in [4.78, 5) is 0. The maximum absolute atomic E-state index is 5.14. The highest BCUT2D eigenvalue weighted by Gasteiger charge is 2.38. The summed E-state index contributed by atoms with van der Waals surface area (Å²) in [6.07, 6.45) is 4.11. The van der Waals surface area contributed by atoms with Gasteiger partial charge in [-0.1, -0.05) is 0 Å². The third-order valence-electron chi connectivity index (χ3n) is 2.81. The molecule has 0 unspecified atom stereocenters. The number of ether oxygens (including phenoxy) is 1. The number of fused-ring (bicyclic) bond motifs is 2. The highest BCUT2D eigenvalue weighted by Crippen LogP contribution is 2.32. The molecule has 0 aromatic heterocycles. The normalized spacial score (nSPS) is 40.6. The van der Waals surface area contributed by atoms with Crippen LogP contribution in [-0.4, -0.2) is 25.8 Å². The molecule has 0 radical (unpaired) electrons. The van der Waals surface area contributed by atoms with Gasteiger partial charge in [-0.2, -0.15) is 0 Å². The van der Waals surface area contributed by atoms with E-state index in [-0.39, 0.29) is 12.4 Å². The van der Waals surface area contributed by atoms with Gasteiger partial charge in [0, 0.05) is 19.2 Å². The summed E-state index contributed by atoms with van der Waals surface area (Å²) in [5.41, 5.74) is 0. The second-order valence-corrected chi connectivity index (χ2v) is 3.50. The van der Waals surface area contributed by atoms with Crippen molar-refractivity contribution in [1.29, 1.82) is 0 Å². The molecule has 0 aliphatic carbocycles. The second-order valence-electron chi connectivity index (χ2n) is 3.50. The summed E-state index contributed by atoms with van der Waals surface area (Å²) in [7, 11) is 1.80. The van der Waals surface area contributed by atoms with E-state index < -0.39 is 0 Å². The molecule has 2 fully saturated rings. The second kappa shape index (κ2) is 3.74. The van der Waals surface area contributed by atoms with Crippen molar-refractivity contribution in [3.8, 4) is 0 Å². The Morgan fingerprint density at radius 1 is 1.45 bits per heavy atom. The smallest absolute Gasteiger partial charge is 0.0505 e. The zero-order chi connectivity index (χ0) is 6.97. The van der Waals surface area contributed by atoms with Crippen LogP contribution in [0.3, 0.4) is 0 Å². The highest BCUT2D eigenvalue weighted by molar-refractivity contribution is 5.85. The molecule has 2 nitrogen and oxygen atoms in total. The molecule has 0 spiro atoms. The molecule has 11 heavy (non-hydrogen) atoms. The van der Waals surface area contributed by atoms with Gasteiger partial charge in [-0.3, -0.25) is 0 Å². The van der Waals surface area contributed by atoms with Crippen LogP contribution in [0.5, 0.6) is 0 Å². The Labute approximate surface area is 74.1 Å². The van der Waals surface area contributed by atoms with Crippen LogP contribution >= 0.6 is 12.4 Å². The fraction of sp³-hybridized carbons (Fsp3) is 1.00. The first-order valence-electron chi connectivity index (χ1n) is 4.15. The van der Waals surface area contributed by atoms with Gasteiger partial charge in [0.15, 0.2) is 0 Å². The average molecular weight is 178 g/mol. The first-order valence-corrected chi connectivity index (χ1v) is 4.15. The monoisotopic (exact) mass is 177 g/mol. The zero-order valence-corrected chi connectivity index (χ0v) is 7.69. The quantitative estimate of drug-likeness (QED) is 0.685. The molecule has 2 saturated heterocycles. The first kappa shape index (κ1) is 9.30. The van der Waals surface area contributed by atoms with E-state index in [9.17, 15) is 0 Å². The number of rotatable bonds is 2. The topological polar surface area (TPSA) is 21.3 Å². The van der Waals surface area contributed by atoms with Crippen LogP contribution in [0.25, 0.3) is 0 Å². The van der Waals surface area contributed by atoms with Crippen molar-refractivity contribution >= 4 is 12.4 Å². The summed E-state index contributed by atoms with van der Waals surface area (Å²) in [6.45, 7) is 0.953. The maximum atomic E-state index is 5.14. The van der Waals surface area contributed by atoms with E-state index >= 15 is 0 Å². The van der Waals surface area contributed by atoms with Crippen molar-refractivity contribution in [2.45, 2.75) is 31.3 Å². The third kappa shape index (κ3) is 1.68. The van der Waals surface area contributed by atoms with Crippen molar-refractivity contribution in [2.75, 3.05) is 13.7 Å². The largest absolute Gasteiger partial charge is 0.384 e. The molecule has 2 bridgehead atoms. The summed E-state index contributed by atoms with van der Waals surface area (Å²) in [5, 5.41) is 3.58. The Morgan fingerprint density at radius 2 is 2.27 bits per heavy atom. The summed E-state index contributed by atoms with van der Waals surface area (Å²) in [5.74, 6) is 0.809. The number of hydrogen-bond acceptors (Lipinski definition) is 2. The minimum Gasteiger partial charge on any atom is -0.384 e. The van der Waals surface area contributed by atoms with Crippen LogP contribution in [0.15, 0.2) is 0 Å². The molecule has 3 heteroatoms. The van der Waals surface area contributed by atoms with Gasteiger partial charge >= 0.3 is 0 Å². The van der Waals surface area contributed by atoms with E-state index in [1.807, 2.05) is 0 Å². The Bertz CT molecular complexity index is 131. The van der Waals surface area contributed by atoms with Gasteiger partial charge in [0.1, 0.15) is 0 Å². The van der Waals surface area contributed by atoms with Gasteiger partial charge in [-0.25, -0.2) is 0 Å². The Balaban J connectivity index is 0.000000605. The highest BCUT2D eigenvalue weighted by atomic mass is 35.5. The van der Waals surface area contributed by atoms with Crippen molar-refractivity contribution in [1.82, 2.24) is 5.32 Å². The molecular formula is C8H16ClNO. The van der Waals surface area contributed by atoms with Crippen molar-refractivity contribution in [3.63, 3.8) is 0 Å². The minimum atomic E-state index is 0. The van der Waals surface area contributed by atoms with Crippen LogP contribution in [-0.2, 0) is 4.74 Å². The molecule has 2 aliphatic heterocycles. The van der Waals surface area contributed by atoms with Gasteiger partial charge in [0.25, 0.3) is 0 Å². The van der Waals surface area contributed by atoms with Crippen LogP contribution < -0.4 is 5.32 Å². The van der Waals surface area contributed by atoms with E-state index in [0.717, 1.165) is 24.6 Å². The number of methoxy groups -OCH3 is 1. The Hall–Kier alpha value is 0.210. The lowest BCUT2D eigenvalue weighted by Crippen LogP contribution is -2.25. The number of hydrogen-bond donors (Lipinski definition) is 1. The van der Waals surface area contributed by atoms with Crippen LogP contribution in [0.2, 0.25) is 0 Å². The van der Waals surface area contributed by atoms with E-state index in [1.165, 1.54) is 19.3 Å².